The van der Waals surface area contributed by atoms with E-state index in [-0.39, 0.29) is 0 Å². The van der Waals surface area contributed by atoms with Crippen LogP contribution in [0.25, 0.3) is 0 Å². The molecule has 0 aromatic heterocycles. The summed E-state index contributed by atoms with van der Waals surface area (Å²) in [7, 11) is 0. The fraction of sp³-hybridized carbons (Fsp3) is 0.400. The van der Waals surface area contributed by atoms with Crippen LogP contribution in [0.3, 0.4) is 0 Å². The van der Waals surface area contributed by atoms with Gasteiger partial charge in [0.15, 0.2) is 6.61 Å². The van der Waals surface area contributed by atoms with E-state index in [0.717, 1.165) is 30.6 Å². The summed E-state index contributed by atoms with van der Waals surface area (Å²) in [6, 6.07) is 3.82. The molecule has 1 rings (SSSR count). The van der Waals surface area contributed by atoms with Gasteiger partial charge in [0.1, 0.15) is 24.7 Å². The van der Waals surface area contributed by atoms with Gasteiger partial charge in [-0.3, -0.25) is 0 Å². The largest absolute Gasteiger partial charge is 0.489 e. The molecule has 22 heavy (non-hydrogen) atoms. The van der Waals surface area contributed by atoms with Crippen LogP contribution >= 0.6 is 47.8 Å². The Morgan fingerprint density at radius 3 is 2.50 bits per heavy atom. The molecule has 1 aromatic rings. The van der Waals surface area contributed by atoms with Crippen LogP contribution in [0.2, 0.25) is 0 Å². The van der Waals surface area contributed by atoms with Crippen molar-refractivity contribution in [2.24, 2.45) is 5.16 Å². The van der Waals surface area contributed by atoms with E-state index in [4.69, 9.17) is 14.3 Å². The van der Waals surface area contributed by atoms with Crippen LogP contribution in [0.1, 0.15) is 19.4 Å². The summed E-state index contributed by atoms with van der Waals surface area (Å²) in [6.45, 7) is 7.03. The highest BCUT2D eigenvalue weighted by Crippen LogP contribution is 2.33. The number of oxime groups is 1. The van der Waals surface area contributed by atoms with Crippen molar-refractivity contribution in [1.29, 1.82) is 0 Å². The van der Waals surface area contributed by atoms with Crippen molar-refractivity contribution >= 4 is 53.5 Å². The number of ether oxygens (including phenoxy) is 2. The lowest BCUT2D eigenvalue weighted by atomic mass is 10.2. The number of halogens is 3. The van der Waals surface area contributed by atoms with E-state index in [0.29, 0.717) is 19.8 Å². The second-order valence-corrected chi connectivity index (χ2v) is 8.20. The Labute approximate surface area is 156 Å². The van der Waals surface area contributed by atoms with Crippen LogP contribution in [0.5, 0.6) is 11.5 Å². The third kappa shape index (κ3) is 7.65. The van der Waals surface area contributed by atoms with E-state index < -0.39 is 0 Å². The predicted octanol–water partition coefficient (Wildman–Crippen LogP) is 5.56. The highest BCUT2D eigenvalue weighted by Gasteiger charge is 2.08. The first-order chi connectivity index (χ1) is 10.4. The Balaban J connectivity index is 2.58. The minimum absolute atomic E-state index is 0.402. The molecule has 0 bridgehead atoms. The van der Waals surface area contributed by atoms with Gasteiger partial charge in [0.05, 0.1) is 13.6 Å². The molecule has 0 fully saturated rings. The molecule has 0 N–H and O–H groups in total. The van der Waals surface area contributed by atoms with Gasteiger partial charge in [-0.1, -0.05) is 5.16 Å². The van der Waals surface area contributed by atoms with Gasteiger partial charge in [-0.05, 0) is 92.3 Å². The Kier molecular flexibility index (Phi) is 9.12. The van der Waals surface area contributed by atoms with E-state index in [2.05, 4.69) is 52.9 Å². The normalized spacial score (nSPS) is 9.91. The van der Waals surface area contributed by atoms with Crippen molar-refractivity contribution < 1.29 is 14.3 Å². The molecule has 1 aromatic carbocycles. The zero-order valence-electron chi connectivity index (χ0n) is 12.7. The minimum atomic E-state index is 0.402. The molecular weight excluding hydrogens is 482 g/mol. The number of nitrogens with zero attached hydrogens (tertiary/aromatic N) is 1. The van der Waals surface area contributed by atoms with Crippen molar-refractivity contribution in [3.8, 4) is 11.5 Å². The quantitative estimate of drug-likeness (QED) is 0.267. The first kappa shape index (κ1) is 19.5. The van der Waals surface area contributed by atoms with Crippen LogP contribution in [0, 0.1) is 6.92 Å². The Bertz CT molecular complexity index is 528. The summed E-state index contributed by atoms with van der Waals surface area (Å²) in [4.78, 5) is 5.10. The molecule has 122 valence electrons. The van der Waals surface area contributed by atoms with Crippen molar-refractivity contribution in [3.05, 3.63) is 31.6 Å². The molecule has 7 heteroatoms. The molecule has 0 spiro atoms. The maximum atomic E-state index is 5.72. The van der Waals surface area contributed by atoms with Gasteiger partial charge in [0, 0.05) is 0 Å². The van der Waals surface area contributed by atoms with Gasteiger partial charge in [0.2, 0.25) is 0 Å². The van der Waals surface area contributed by atoms with Gasteiger partial charge < -0.3 is 14.3 Å². The lowest BCUT2D eigenvalue weighted by Crippen LogP contribution is -2.06. The van der Waals surface area contributed by atoms with E-state index >= 15 is 0 Å². The second kappa shape index (κ2) is 10.3. The average molecular weight is 500 g/mol. The maximum Gasteiger partial charge on any atom is 0.151 e. The molecule has 0 aliphatic heterocycles. The first-order valence-electron chi connectivity index (χ1n) is 6.60. The minimum Gasteiger partial charge on any atom is -0.489 e. The summed E-state index contributed by atoms with van der Waals surface area (Å²) in [5.41, 5.74) is 1.87. The van der Waals surface area contributed by atoms with Crippen LogP contribution in [-0.2, 0) is 4.84 Å². The third-order valence-corrected chi connectivity index (χ3v) is 3.60. The fourth-order valence-electron chi connectivity index (χ4n) is 1.52. The van der Waals surface area contributed by atoms with E-state index in [1.165, 1.54) is 0 Å². The third-order valence-electron chi connectivity index (χ3n) is 2.36. The lowest BCUT2D eigenvalue weighted by Gasteiger charge is -2.13. The molecule has 4 nitrogen and oxygen atoms in total. The molecule has 0 saturated heterocycles. The van der Waals surface area contributed by atoms with Gasteiger partial charge in [-0.25, -0.2) is 0 Å². The molecule has 0 amide bonds. The summed E-state index contributed by atoms with van der Waals surface area (Å²) < 4.78 is 13.1. The van der Waals surface area contributed by atoms with E-state index in [1.54, 1.807) is 0 Å². The highest BCUT2D eigenvalue weighted by molar-refractivity contribution is 9.28. The summed E-state index contributed by atoms with van der Waals surface area (Å²) >= 11 is 10.1. The van der Waals surface area contributed by atoms with Crippen molar-refractivity contribution in [2.75, 3.05) is 19.8 Å². The summed E-state index contributed by atoms with van der Waals surface area (Å²) in [5, 5.41) is 3.85. The molecule has 0 aliphatic carbocycles. The van der Waals surface area contributed by atoms with Crippen molar-refractivity contribution in [3.63, 3.8) is 0 Å². The number of benzene rings is 1. The monoisotopic (exact) mass is 497 g/mol. The van der Waals surface area contributed by atoms with Gasteiger partial charge in [0.25, 0.3) is 0 Å². The van der Waals surface area contributed by atoms with Crippen molar-refractivity contribution in [2.45, 2.75) is 20.8 Å². The maximum absolute atomic E-state index is 5.72. The van der Waals surface area contributed by atoms with Crippen LogP contribution in [0.4, 0.5) is 0 Å². The van der Waals surface area contributed by atoms with Gasteiger partial charge >= 0.3 is 0 Å². The van der Waals surface area contributed by atoms with Crippen LogP contribution in [0.15, 0.2) is 31.2 Å². The molecule has 0 radical (unpaired) electrons. The van der Waals surface area contributed by atoms with Gasteiger partial charge in [-0.2, -0.15) is 0 Å². The number of aryl methyl sites for hydroxylation is 1. The number of hydrogen-bond acceptors (Lipinski definition) is 4. The van der Waals surface area contributed by atoms with Crippen molar-refractivity contribution in [1.82, 2.24) is 0 Å². The fourth-order valence-corrected chi connectivity index (χ4v) is 2.44. The Morgan fingerprint density at radius 1 is 1.18 bits per heavy atom. The zero-order chi connectivity index (χ0) is 16.5. The summed E-state index contributed by atoms with van der Waals surface area (Å²) in [5.74, 6) is 1.56. The van der Waals surface area contributed by atoms with E-state index in [9.17, 15) is 0 Å². The Hall–Kier alpha value is -0.530. The first-order valence-corrected chi connectivity index (χ1v) is 8.98. The topological polar surface area (TPSA) is 40.0 Å². The van der Waals surface area contributed by atoms with E-state index in [1.807, 2.05) is 39.0 Å². The Morgan fingerprint density at radius 2 is 1.91 bits per heavy atom. The molecule has 0 unspecified atom stereocenters. The molecular formula is C15H18Br3NO3. The number of hydrogen-bond donors (Lipinski definition) is 0. The average Bonchev–Trinajstić information content (AvgIpc) is 2.40. The molecule has 0 aliphatic rings. The summed E-state index contributed by atoms with van der Waals surface area (Å²) in [6.07, 6.45) is 1.88. The van der Waals surface area contributed by atoms with Gasteiger partial charge in [-0.15, -0.1) is 0 Å². The predicted molar refractivity (Wildman–Crippen MR) is 101 cm³/mol. The molecule has 0 atom stereocenters. The standard InChI is InChI=1S/C15H18Br3NO3/c1-10(2)19-22-7-6-21-15-11(3)8-12(9-13(15)16)20-5-4-14(17)18/h4,8-9H,5-7H2,1-3H3. The molecule has 0 heterocycles. The van der Waals surface area contributed by atoms with Crippen LogP contribution in [-0.4, -0.2) is 25.5 Å². The van der Waals surface area contributed by atoms with Crippen LogP contribution < -0.4 is 9.47 Å². The smallest absolute Gasteiger partial charge is 0.151 e. The highest BCUT2D eigenvalue weighted by atomic mass is 79.9. The number of rotatable bonds is 8. The zero-order valence-corrected chi connectivity index (χ0v) is 17.4. The lowest BCUT2D eigenvalue weighted by molar-refractivity contribution is 0.106. The molecule has 0 saturated carbocycles. The SMILES string of the molecule is CC(C)=NOCCOc1c(C)cc(OCC=C(Br)Br)cc1Br. The second-order valence-electron chi connectivity index (χ2n) is 4.58.